The van der Waals surface area contributed by atoms with Crippen molar-refractivity contribution in [3.8, 4) is 0 Å². The molecule has 0 aromatic heterocycles. The third-order valence-corrected chi connectivity index (χ3v) is 3.99. The van der Waals surface area contributed by atoms with Crippen molar-refractivity contribution in [1.82, 2.24) is 4.72 Å². The Labute approximate surface area is 111 Å². The van der Waals surface area contributed by atoms with Crippen molar-refractivity contribution < 1.29 is 22.7 Å². The van der Waals surface area contributed by atoms with Crippen LogP contribution in [0.5, 0.6) is 0 Å². The van der Waals surface area contributed by atoms with E-state index in [9.17, 15) is 13.2 Å². The van der Waals surface area contributed by atoms with Crippen LogP contribution in [0.1, 0.15) is 5.56 Å². The van der Waals surface area contributed by atoms with Crippen LogP contribution in [0, 0.1) is 6.92 Å². The van der Waals surface area contributed by atoms with Gasteiger partial charge in [-0.25, -0.2) is 13.1 Å². The minimum atomic E-state index is -3.87. The molecule has 0 aliphatic carbocycles. The summed E-state index contributed by atoms with van der Waals surface area (Å²) in [6.07, 6.45) is -0.881. The molecule has 0 saturated carbocycles. The first-order valence-corrected chi connectivity index (χ1v) is 7.30. The van der Waals surface area contributed by atoms with Crippen LogP contribution in [-0.4, -0.2) is 40.2 Å². The summed E-state index contributed by atoms with van der Waals surface area (Å²) in [5.74, 6) is -0.707. The topological polar surface area (TPSA) is 81.7 Å². The Morgan fingerprint density at radius 3 is 2.79 bits per heavy atom. The molecule has 1 N–H and O–H groups in total. The molecular formula is C12H15NO5S. The fourth-order valence-corrected chi connectivity index (χ4v) is 2.79. The van der Waals surface area contributed by atoms with Crippen LogP contribution in [0.2, 0.25) is 0 Å². The molecule has 1 aromatic rings. The lowest BCUT2D eigenvalue weighted by Crippen LogP contribution is -2.44. The van der Waals surface area contributed by atoms with Crippen LogP contribution in [-0.2, 0) is 24.3 Å². The molecule has 1 aromatic carbocycles. The quantitative estimate of drug-likeness (QED) is 0.859. The monoisotopic (exact) mass is 285 g/mol. The third kappa shape index (κ3) is 3.52. The summed E-state index contributed by atoms with van der Waals surface area (Å²) in [5.41, 5.74) is 0.799. The molecule has 1 saturated heterocycles. The molecule has 19 heavy (non-hydrogen) atoms. The summed E-state index contributed by atoms with van der Waals surface area (Å²) in [4.78, 5) is 11.8. The summed E-state index contributed by atoms with van der Waals surface area (Å²) >= 11 is 0. The van der Waals surface area contributed by atoms with Crippen molar-refractivity contribution in [1.29, 1.82) is 0 Å². The lowest BCUT2D eigenvalue weighted by molar-refractivity contribution is -0.145. The molecule has 104 valence electrons. The normalized spacial score (nSPS) is 19.9. The van der Waals surface area contributed by atoms with Crippen LogP contribution >= 0.6 is 0 Å². The summed E-state index contributed by atoms with van der Waals surface area (Å²) in [6, 6.07) is 6.32. The number of hydrogen-bond acceptors (Lipinski definition) is 5. The van der Waals surface area contributed by atoms with E-state index in [1.807, 2.05) is 4.72 Å². The molecule has 2 rings (SSSR count). The van der Waals surface area contributed by atoms with Crippen molar-refractivity contribution in [2.24, 2.45) is 0 Å². The Morgan fingerprint density at radius 2 is 2.16 bits per heavy atom. The SMILES string of the molecule is Cc1cccc(S(=O)(=O)NC(=O)C2COCCO2)c1. The van der Waals surface area contributed by atoms with Gasteiger partial charge < -0.3 is 9.47 Å². The molecule has 0 radical (unpaired) electrons. The van der Waals surface area contributed by atoms with Gasteiger partial charge in [-0.3, -0.25) is 4.79 Å². The highest BCUT2D eigenvalue weighted by Crippen LogP contribution is 2.11. The number of aryl methyl sites for hydroxylation is 1. The lowest BCUT2D eigenvalue weighted by atomic mass is 10.2. The van der Waals surface area contributed by atoms with Crippen LogP contribution < -0.4 is 4.72 Å². The molecule has 1 fully saturated rings. The van der Waals surface area contributed by atoms with E-state index in [1.165, 1.54) is 12.1 Å². The van der Waals surface area contributed by atoms with Crippen molar-refractivity contribution >= 4 is 15.9 Å². The van der Waals surface area contributed by atoms with E-state index in [-0.39, 0.29) is 18.1 Å². The van der Waals surface area contributed by atoms with Gasteiger partial charge in [-0.15, -0.1) is 0 Å². The zero-order valence-electron chi connectivity index (χ0n) is 10.5. The van der Waals surface area contributed by atoms with Gasteiger partial charge in [-0.1, -0.05) is 12.1 Å². The summed E-state index contributed by atoms with van der Waals surface area (Å²) in [6.45, 7) is 2.53. The number of rotatable bonds is 3. The zero-order valence-corrected chi connectivity index (χ0v) is 11.3. The van der Waals surface area contributed by atoms with Gasteiger partial charge in [-0.05, 0) is 24.6 Å². The predicted octanol–water partition coefficient (Wildman–Crippen LogP) is 0.215. The number of nitrogens with one attached hydrogen (secondary N) is 1. The summed E-state index contributed by atoms with van der Waals surface area (Å²) < 4.78 is 36.2. The molecule has 1 aliphatic rings. The average Bonchev–Trinajstić information content (AvgIpc) is 2.39. The number of hydrogen-bond donors (Lipinski definition) is 1. The Bertz CT molecular complexity index is 563. The first-order valence-electron chi connectivity index (χ1n) is 5.82. The number of benzene rings is 1. The largest absolute Gasteiger partial charge is 0.376 e. The van der Waals surface area contributed by atoms with Crippen LogP contribution in [0.3, 0.4) is 0 Å². The fraction of sp³-hybridized carbons (Fsp3) is 0.417. The predicted molar refractivity (Wildman–Crippen MR) is 67.1 cm³/mol. The molecule has 0 bridgehead atoms. The van der Waals surface area contributed by atoms with Gasteiger partial charge >= 0.3 is 0 Å². The van der Waals surface area contributed by atoms with E-state index in [1.54, 1.807) is 19.1 Å². The van der Waals surface area contributed by atoms with Crippen LogP contribution in [0.4, 0.5) is 0 Å². The van der Waals surface area contributed by atoms with Gasteiger partial charge in [0.1, 0.15) is 0 Å². The summed E-state index contributed by atoms with van der Waals surface area (Å²) in [7, 11) is -3.87. The number of amides is 1. The first-order chi connectivity index (χ1) is 8.99. The minimum Gasteiger partial charge on any atom is -0.376 e. The van der Waals surface area contributed by atoms with E-state index in [0.717, 1.165) is 5.56 Å². The molecular weight excluding hydrogens is 270 g/mol. The standard InChI is InChI=1S/C12H15NO5S/c1-9-3-2-4-10(7-9)19(15,16)13-12(14)11-8-17-5-6-18-11/h2-4,7,11H,5-6,8H2,1H3,(H,13,14). The molecule has 1 unspecified atom stereocenters. The van der Waals surface area contributed by atoms with Crippen molar-refractivity contribution in [3.63, 3.8) is 0 Å². The van der Waals surface area contributed by atoms with Crippen LogP contribution in [0.25, 0.3) is 0 Å². The van der Waals surface area contributed by atoms with Crippen molar-refractivity contribution in [2.45, 2.75) is 17.9 Å². The zero-order chi connectivity index (χ0) is 13.9. The maximum Gasteiger partial charge on any atom is 0.265 e. The van der Waals surface area contributed by atoms with E-state index in [4.69, 9.17) is 9.47 Å². The second-order valence-corrected chi connectivity index (χ2v) is 5.90. The maximum atomic E-state index is 12.0. The summed E-state index contributed by atoms with van der Waals surface area (Å²) in [5, 5.41) is 0. The van der Waals surface area contributed by atoms with E-state index in [0.29, 0.717) is 6.61 Å². The second-order valence-electron chi connectivity index (χ2n) is 4.22. The van der Waals surface area contributed by atoms with Gasteiger partial charge in [0.25, 0.3) is 15.9 Å². The van der Waals surface area contributed by atoms with Gasteiger partial charge in [0.05, 0.1) is 24.7 Å². The van der Waals surface area contributed by atoms with Gasteiger partial charge in [0.15, 0.2) is 6.10 Å². The number of sulfonamides is 1. The van der Waals surface area contributed by atoms with Crippen LogP contribution in [0.15, 0.2) is 29.2 Å². The van der Waals surface area contributed by atoms with Gasteiger partial charge in [0.2, 0.25) is 0 Å². The molecule has 1 heterocycles. The highest BCUT2D eigenvalue weighted by molar-refractivity contribution is 7.90. The van der Waals surface area contributed by atoms with E-state index >= 15 is 0 Å². The van der Waals surface area contributed by atoms with Crippen molar-refractivity contribution in [2.75, 3.05) is 19.8 Å². The highest BCUT2D eigenvalue weighted by atomic mass is 32.2. The van der Waals surface area contributed by atoms with Gasteiger partial charge in [0, 0.05) is 0 Å². The lowest BCUT2D eigenvalue weighted by Gasteiger charge is -2.21. The van der Waals surface area contributed by atoms with E-state index < -0.39 is 22.0 Å². The minimum absolute atomic E-state index is 0.0533. The Balaban J connectivity index is 2.10. The fourth-order valence-electron chi connectivity index (χ4n) is 1.68. The highest BCUT2D eigenvalue weighted by Gasteiger charge is 2.27. The molecule has 6 nitrogen and oxygen atoms in total. The molecule has 1 aliphatic heterocycles. The number of carbonyl (C=O) groups excluding carboxylic acids is 1. The molecule has 1 atom stereocenters. The molecule has 7 heteroatoms. The Morgan fingerprint density at radius 1 is 1.37 bits per heavy atom. The number of carbonyl (C=O) groups is 1. The third-order valence-electron chi connectivity index (χ3n) is 2.64. The molecule has 1 amide bonds. The Hall–Kier alpha value is -1.44. The van der Waals surface area contributed by atoms with E-state index in [2.05, 4.69) is 0 Å². The Kier molecular flexibility index (Phi) is 4.18. The van der Waals surface area contributed by atoms with Gasteiger partial charge in [-0.2, -0.15) is 0 Å². The average molecular weight is 285 g/mol. The van der Waals surface area contributed by atoms with Crippen molar-refractivity contribution in [3.05, 3.63) is 29.8 Å². The smallest absolute Gasteiger partial charge is 0.265 e. The first kappa shape index (κ1) is 14.0. The maximum absolute atomic E-state index is 12.0. The number of ether oxygens (including phenoxy) is 2. The second kappa shape index (κ2) is 5.68. The molecule has 0 spiro atoms.